The second-order valence-electron chi connectivity index (χ2n) is 8.49. The van der Waals surface area contributed by atoms with Gasteiger partial charge in [0.25, 0.3) is 5.56 Å². The van der Waals surface area contributed by atoms with E-state index < -0.39 is 5.97 Å². The maximum Gasteiger partial charge on any atom is 0.344 e. The van der Waals surface area contributed by atoms with Crippen molar-refractivity contribution in [3.05, 3.63) is 57.8 Å². The summed E-state index contributed by atoms with van der Waals surface area (Å²) < 4.78 is 7.57. The Bertz CT molecular complexity index is 1120. The number of para-hydroxylation sites is 1. The highest BCUT2D eigenvalue weighted by Gasteiger charge is 2.43. The topological polar surface area (TPSA) is 64.4 Å². The molecule has 0 saturated carbocycles. The summed E-state index contributed by atoms with van der Waals surface area (Å²) in [6.45, 7) is 3.91. The van der Waals surface area contributed by atoms with Crippen LogP contribution in [0.5, 0.6) is 0 Å². The molecule has 1 unspecified atom stereocenters. The van der Waals surface area contributed by atoms with Crippen molar-refractivity contribution < 1.29 is 9.53 Å². The van der Waals surface area contributed by atoms with E-state index in [1.807, 2.05) is 49.7 Å². The summed E-state index contributed by atoms with van der Waals surface area (Å²) in [4.78, 5) is 33.0. The highest BCUT2D eigenvalue weighted by molar-refractivity contribution is 7.13. The van der Waals surface area contributed by atoms with E-state index in [1.54, 1.807) is 22.0 Å². The van der Waals surface area contributed by atoms with E-state index in [9.17, 15) is 9.59 Å². The molecule has 2 bridgehead atoms. The van der Waals surface area contributed by atoms with Crippen molar-refractivity contribution in [1.29, 1.82) is 0 Å². The molecular formula is C23H25N3O3S. The number of thiazole rings is 1. The average Bonchev–Trinajstić information content (AvgIpc) is 3.33. The van der Waals surface area contributed by atoms with Gasteiger partial charge in [0.15, 0.2) is 5.13 Å². The van der Waals surface area contributed by atoms with Crippen LogP contribution in [0.3, 0.4) is 0 Å². The van der Waals surface area contributed by atoms with Crippen LogP contribution in [0.15, 0.2) is 46.7 Å². The Hall–Kier alpha value is -2.67. The predicted octanol–water partition coefficient (Wildman–Crippen LogP) is 4.40. The maximum atomic E-state index is 13.1. The molecule has 4 heterocycles. The third-order valence-corrected chi connectivity index (χ3v) is 7.07. The second kappa shape index (κ2) is 7.54. The number of esters is 1. The van der Waals surface area contributed by atoms with Crippen LogP contribution in [-0.4, -0.2) is 33.7 Å². The van der Waals surface area contributed by atoms with Crippen molar-refractivity contribution >= 4 is 33.3 Å². The molecule has 3 aromatic rings. The van der Waals surface area contributed by atoms with Crippen LogP contribution in [0.4, 0.5) is 5.13 Å². The molecule has 3 atom stereocenters. The van der Waals surface area contributed by atoms with E-state index >= 15 is 0 Å². The van der Waals surface area contributed by atoms with Crippen molar-refractivity contribution in [3.63, 3.8) is 0 Å². The molecule has 0 aliphatic carbocycles. The molecule has 2 fully saturated rings. The molecule has 30 heavy (non-hydrogen) atoms. The molecule has 2 saturated heterocycles. The molecule has 2 aliphatic rings. The maximum absolute atomic E-state index is 13.1. The molecule has 6 nitrogen and oxygen atoms in total. The quantitative estimate of drug-likeness (QED) is 0.582. The zero-order valence-corrected chi connectivity index (χ0v) is 18.0. The van der Waals surface area contributed by atoms with Gasteiger partial charge in [0.1, 0.15) is 11.7 Å². The minimum atomic E-state index is -0.507. The summed E-state index contributed by atoms with van der Waals surface area (Å²) >= 11 is 1.66. The van der Waals surface area contributed by atoms with Gasteiger partial charge in [-0.1, -0.05) is 18.2 Å². The smallest absolute Gasteiger partial charge is 0.344 e. The molecule has 2 aromatic heterocycles. The van der Waals surface area contributed by atoms with Crippen LogP contribution in [0.25, 0.3) is 10.9 Å². The van der Waals surface area contributed by atoms with Gasteiger partial charge in [0, 0.05) is 42.5 Å². The lowest BCUT2D eigenvalue weighted by molar-refractivity contribution is 0.0201. The van der Waals surface area contributed by atoms with E-state index in [4.69, 9.17) is 4.74 Å². The van der Waals surface area contributed by atoms with Crippen LogP contribution in [0.2, 0.25) is 0 Å². The van der Waals surface area contributed by atoms with Gasteiger partial charge in [-0.05, 0) is 44.2 Å². The van der Waals surface area contributed by atoms with Gasteiger partial charge >= 0.3 is 5.97 Å². The number of pyridine rings is 1. The number of fused-ring (bicyclic) bond motifs is 3. The van der Waals surface area contributed by atoms with Crippen molar-refractivity contribution in [3.8, 4) is 0 Å². The summed E-state index contributed by atoms with van der Waals surface area (Å²) in [5.74, 6) is -0.507. The van der Waals surface area contributed by atoms with Crippen LogP contribution in [-0.2, 0) is 4.74 Å². The number of carbonyl (C=O) groups is 1. The van der Waals surface area contributed by atoms with E-state index in [0.29, 0.717) is 12.1 Å². The van der Waals surface area contributed by atoms with Crippen LogP contribution >= 0.6 is 11.3 Å². The lowest BCUT2D eigenvalue weighted by Crippen LogP contribution is -2.46. The minimum absolute atomic E-state index is 0.0486. The van der Waals surface area contributed by atoms with E-state index in [1.165, 1.54) is 0 Å². The fraction of sp³-hybridized carbons (Fsp3) is 0.435. The van der Waals surface area contributed by atoms with Crippen LogP contribution < -0.4 is 10.5 Å². The number of ether oxygens (including phenoxy) is 1. The standard InChI is InChI=1S/C23H25N3O3S/c1-14(2)25-20-6-4-3-5-15(20)11-19(21(25)27)22(28)29-18-12-16-7-8-17(13-18)26(16)23-24-9-10-30-23/h3-6,9-11,14,16-18H,7-8,12-13H2,1-2H3/t16-,17+,18?. The molecule has 1 aromatic carbocycles. The number of carbonyl (C=O) groups excluding carboxylic acids is 1. The number of nitrogens with zero attached hydrogens (tertiary/aromatic N) is 3. The van der Waals surface area contributed by atoms with Crippen LogP contribution in [0.1, 0.15) is 55.9 Å². The molecule has 156 valence electrons. The van der Waals surface area contributed by atoms with Gasteiger partial charge in [-0.25, -0.2) is 9.78 Å². The number of rotatable bonds is 4. The number of piperidine rings is 1. The largest absolute Gasteiger partial charge is 0.458 e. The first-order valence-electron chi connectivity index (χ1n) is 10.6. The minimum Gasteiger partial charge on any atom is -0.458 e. The Morgan fingerprint density at radius 1 is 1.20 bits per heavy atom. The van der Waals surface area contributed by atoms with Crippen molar-refractivity contribution in [2.75, 3.05) is 4.90 Å². The Balaban J connectivity index is 1.40. The monoisotopic (exact) mass is 423 g/mol. The summed E-state index contributed by atoms with van der Waals surface area (Å²) in [6, 6.07) is 9.98. The average molecular weight is 424 g/mol. The van der Waals surface area contributed by atoms with Gasteiger partial charge in [0.2, 0.25) is 0 Å². The predicted molar refractivity (Wildman–Crippen MR) is 118 cm³/mol. The fourth-order valence-corrected chi connectivity index (χ4v) is 5.82. The Kier molecular flexibility index (Phi) is 4.85. The molecule has 0 spiro atoms. The number of aromatic nitrogens is 2. The van der Waals surface area contributed by atoms with Crippen molar-refractivity contribution in [2.24, 2.45) is 0 Å². The second-order valence-corrected chi connectivity index (χ2v) is 9.36. The van der Waals surface area contributed by atoms with E-state index in [2.05, 4.69) is 9.88 Å². The third-order valence-electron chi connectivity index (χ3n) is 6.29. The van der Waals surface area contributed by atoms with Crippen molar-refractivity contribution in [1.82, 2.24) is 9.55 Å². The highest BCUT2D eigenvalue weighted by Crippen LogP contribution is 2.41. The molecular weight excluding hydrogens is 398 g/mol. The third kappa shape index (κ3) is 3.21. The number of anilines is 1. The van der Waals surface area contributed by atoms with Crippen LogP contribution in [0, 0.1) is 0 Å². The lowest BCUT2D eigenvalue weighted by Gasteiger charge is -2.38. The van der Waals surface area contributed by atoms with Gasteiger partial charge in [-0.15, -0.1) is 11.3 Å². The molecule has 0 N–H and O–H groups in total. The SMILES string of the molecule is CC(C)n1c(=O)c(C(=O)OC2C[C@H]3CC[C@@H](C2)N3c2nccs2)cc2ccccc21. The number of hydrogen-bond donors (Lipinski definition) is 0. The number of hydrogen-bond acceptors (Lipinski definition) is 6. The summed E-state index contributed by atoms with van der Waals surface area (Å²) in [5.41, 5.74) is 0.679. The fourth-order valence-electron chi connectivity index (χ4n) is 5.04. The first-order chi connectivity index (χ1) is 14.5. The number of benzene rings is 1. The van der Waals surface area contributed by atoms with Gasteiger partial charge in [-0.3, -0.25) is 4.79 Å². The first-order valence-corrected chi connectivity index (χ1v) is 11.4. The lowest BCUT2D eigenvalue weighted by atomic mass is 10.00. The normalized spacial score (nSPS) is 23.3. The highest BCUT2D eigenvalue weighted by atomic mass is 32.1. The molecule has 5 rings (SSSR count). The Labute approximate surface area is 179 Å². The summed E-state index contributed by atoms with van der Waals surface area (Å²) in [7, 11) is 0. The molecule has 7 heteroatoms. The van der Waals surface area contributed by atoms with Gasteiger partial charge in [0.05, 0.1) is 5.52 Å². The Morgan fingerprint density at radius 2 is 1.93 bits per heavy atom. The summed E-state index contributed by atoms with van der Waals surface area (Å²) in [5, 5.41) is 3.93. The summed E-state index contributed by atoms with van der Waals surface area (Å²) in [6.07, 6.45) is 5.43. The molecule has 0 amide bonds. The van der Waals surface area contributed by atoms with E-state index in [0.717, 1.165) is 41.7 Å². The van der Waals surface area contributed by atoms with Crippen molar-refractivity contribution in [2.45, 2.75) is 63.8 Å². The van der Waals surface area contributed by atoms with E-state index in [-0.39, 0.29) is 23.3 Å². The molecule has 2 aliphatic heterocycles. The molecule has 0 radical (unpaired) electrons. The zero-order chi connectivity index (χ0) is 20.8. The zero-order valence-electron chi connectivity index (χ0n) is 17.2. The Morgan fingerprint density at radius 3 is 2.60 bits per heavy atom. The van der Waals surface area contributed by atoms with Gasteiger partial charge < -0.3 is 14.2 Å². The first kappa shape index (κ1) is 19.3. The van der Waals surface area contributed by atoms with Gasteiger partial charge in [-0.2, -0.15) is 0 Å².